The van der Waals surface area contributed by atoms with Crippen LogP contribution in [-0.4, -0.2) is 24.8 Å². The molecular weight excluding hydrogens is 268 g/mol. The van der Waals surface area contributed by atoms with Gasteiger partial charge >= 0.3 is 0 Å². The number of carbonyl (C=O) groups is 2. The lowest BCUT2D eigenvalue weighted by molar-refractivity contribution is -0.125. The first-order chi connectivity index (χ1) is 9.79. The maximum atomic E-state index is 12.4. The van der Waals surface area contributed by atoms with E-state index in [0.717, 1.165) is 0 Å². The molecule has 0 aromatic heterocycles. The molecule has 0 atom stereocenters. The van der Waals surface area contributed by atoms with Crippen molar-refractivity contribution in [3.63, 3.8) is 0 Å². The molecule has 0 saturated carbocycles. The molecule has 0 amide bonds. The maximum Gasteiger partial charge on any atom is 0.174 e. The summed E-state index contributed by atoms with van der Waals surface area (Å²) in [5.74, 6) is 0.775. The second-order valence-electron chi connectivity index (χ2n) is 5.80. The van der Waals surface area contributed by atoms with Crippen molar-refractivity contribution in [1.82, 2.24) is 0 Å². The number of carbonyl (C=O) groups excluding carboxylic acids is 2. The summed E-state index contributed by atoms with van der Waals surface area (Å²) in [6.45, 7) is 10.1. The van der Waals surface area contributed by atoms with Gasteiger partial charge in [0.05, 0.1) is 25.2 Å². The number of benzene rings is 1. The number of ketones is 2. The van der Waals surface area contributed by atoms with Gasteiger partial charge in [-0.15, -0.1) is 0 Å². The summed E-state index contributed by atoms with van der Waals surface area (Å²) in [4.78, 5) is 24.4. The van der Waals surface area contributed by atoms with E-state index in [1.807, 2.05) is 34.6 Å². The van der Waals surface area contributed by atoms with Crippen molar-refractivity contribution in [2.75, 3.05) is 13.2 Å². The van der Waals surface area contributed by atoms with Gasteiger partial charge in [0.25, 0.3) is 0 Å². The summed E-state index contributed by atoms with van der Waals surface area (Å²) in [6.07, 6.45) is -0.126. The van der Waals surface area contributed by atoms with Crippen LogP contribution in [-0.2, 0) is 4.79 Å². The average molecular weight is 292 g/mol. The summed E-state index contributed by atoms with van der Waals surface area (Å²) in [5.41, 5.74) is -0.126. The van der Waals surface area contributed by atoms with Crippen molar-refractivity contribution < 1.29 is 19.1 Å². The predicted octanol–water partition coefficient (Wildman–Crippen LogP) is 3.67. The summed E-state index contributed by atoms with van der Waals surface area (Å²) in [7, 11) is 0. The van der Waals surface area contributed by atoms with E-state index >= 15 is 0 Å². The third-order valence-corrected chi connectivity index (χ3v) is 3.02. The van der Waals surface area contributed by atoms with E-state index in [9.17, 15) is 9.59 Å². The number of rotatable bonds is 7. The molecular formula is C17H24O4. The molecule has 0 N–H and O–H groups in total. The molecule has 1 aromatic rings. The van der Waals surface area contributed by atoms with Crippen LogP contribution < -0.4 is 9.47 Å². The highest BCUT2D eigenvalue weighted by molar-refractivity contribution is 6.10. The molecule has 1 aromatic carbocycles. The predicted molar refractivity (Wildman–Crippen MR) is 82.2 cm³/mol. The quantitative estimate of drug-likeness (QED) is 0.568. The van der Waals surface area contributed by atoms with Crippen LogP contribution in [0.2, 0.25) is 0 Å². The molecule has 4 heteroatoms. The van der Waals surface area contributed by atoms with Crippen LogP contribution >= 0.6 is 0 Å². The molecule has 0 aliphatic carbocycles. The zero-order valence-corrected chi connectivity index (χ0v) is 13.5. The minimum atomic E-state index is -0.529. The summed E-state index contributed by atoms with van der Waals surface area (Å²) < 4.78 is 10.9. The molecule has 0 radical (unpaired) electrons. The van der Waals surface area contributed by atoms with Gasteiger partial charge < -0.3 is 9.47 Å². The Morgan fingerprint density at radius 1 is 1.05 bits per heavy atom. The second-order valence-corrected chi connectivity index (χ2v) is 5.80. The smallest absolute Gasteiger partial charge is 0.174 e. The van der Waals surface area contributed by atoms with Gasteiger partial charge in [0, 0.05) is 5.41 Å². The minimum absolute atomic E-state index is 0.0863. The third kappa shape index (κ3) is 4.88. The van der Waals surface area contributed by atoms with Gasteiger partial charge in [0.2, 0.25) is 0 Å². The van der Waals surface area contributed by atoms with Crippen LogP contribution in [0.5, 0.6) is 11.5 Å². The second kappa shape index (κ2) is 7.25. The summed E-state index contributed by atoms with van der Waals surface area (Å²) in [6, 6.07) is 5.12. The number of hydrogen-bond acceptors (Lipinski definition) is 4. The molecule has 0 aliphatic rings. The van der Waals surface area contributed by atoms with Gasteiger partial charge in [-0.3, -0.25) is 9.59 Å². The number of Topliss-reactive ketones (excluding diaryl/α,β-unsaturated/α-hetero) is 2. The van der Waals surface area contributed by atoms with E-state index in [1.54, 1.807) is 18.2 Å². The molecule has 116 valence electrons. The Morgan fingerprint density at radius 2 is 1.67 bits per heavy atom. The van der Waals surface area contributed by atoms with Crippen LogP contribution in [0.4, 0.5) is 0 Å². The SMILES string of the molecule is CCOc1ccc(OCC)c(C(=O)CC(=O)C(C)(C)C)c1. The molecule has 0 saturated heterocycles. The Hall–Kier alpha value is -1.84. The Morgan fingerprint density at radius 3 is 2.19 bits per heavy atom. The van der Waals surface area contributed by atoms with E-state index in [2.05, 4.69) is 0 Å². The zero-order chi connectivity index (χ0) is 16.0. The molecule has 0 bridgehead atoms. The first-order valence-corrected chi connectivity index (χ1v) is 7.25. The van der Waals surface area contributed by atoms with E-state index in [4.69, 9.17) is 9.47 Å². The fourth-order valence-electron chi connectivity index (χ4n) is 1.77. The van der Waals surface area contributed by atoms with Crippen LogP contribution in [0.25, 0.3) is 0 Å². The van der Waals surface area contributed by atoms with Gasteiger partial charge in [-0.25, -0.2) is 0 Å². The normalized spacial score (nSPS) is 11.1. The Kier molecular flexibility index (Phi) is 5.94. The summed E-state index contributed by atoms with van der Waals surface area (Å²) >= 11 is 0. The van der Waals surface area contributed by atoms with Crippen molar-refractivity contribution in [3.8, 4) is 11.5 Å². The largest absolute Gasteiger partial charge is 0.494 e. The van der Waals surface area contributed by atoms with Crippen LogP contribution in [0.15, 0.2) is 18.2 Å². The molecule has 21 heavy (non-hydrogen) atoms. The highest BCUT2D eigenvalue weighted by Crippen LogP contribution is 2.27. The first kappa shape index (κ1) is 17.2. The standard InChI is InChI=1S/C17H24O4/c1-6-20-12-8-9-15(21-7-2)13(10-12)14(18)11-16(19)17(3,4)5/h8-10H,6-7,11H2,1-5H3. The van der Waals surface area contributed by atoms with Crippen LogP contribution in [0.3, 0.4) is 0 Å². The fourth-order valence-corrected chi connectivity index (χ4v) is 1.77. The average Bonchev–Trinajstić information content (AvgIpc) is 2.39. The lowest BCUT2D eigenvalue weighted by atomic mass is 9.87. The molecule has 1 rings (SSSR count). The highest BCUT2D eigenvalue weighted by atomic mass is 16.5. The van der Waals surface area contributed by atoms with E-state index in [1.165, 1.54) is 0 Å². The Balaban J connectivity index is 3.04. The van der Waals surface area contributed by atoms with E-state index < -0.39 is 5.41 Å². The minimum Gasteiger partial charge on any atom is -0.494 e. The monoisotopic (exact) mass is 292 g/mol. The van der Waals surface area contributed by atoms with Gasteiger partial charge in [0.1, 0.15) is 17.3 Å². The number of ether oxygens (including phenoxy) is 2. The lowest BCUT2D eigenvalue weighted by Gasteiger charge is -2.17. The van der Waals surface area contributed by atoms with Crippen molar-refractivity contribution in [2.45, 2.75) is 41.0 Å². The third-order valence-electron chi connectivity index (χ3n) is 3.02. The molecule has 0 fully saturated rings. The number of hydrogen-bond donors (Lipinski definition) is 0. The van der Waals surface area contributed by atoms with Crippen molar-refractivity contribution in [3.05, 3.63) is 23.8 Å². The fraction of sp³-hybridized carbons (Fsp3) is 0.529. The zero-order valence-electron chi connectivity index (χ0n) is 13.5. The van der Waals surface area contributed by atoms with Crippen molar-refractivity contribution in [1.29, 1.82) is 0 Å². The van der Waals surface area contributed by atoms with Crippen LogP contribution in [0.1, 0.15) is 51.4 Å². The summed E-state index contributed by atoms with van der Waals surface area (Å²) in [5, 5.41) is 0. The molecule has 0 unspecified atom stereocenters. The lowest BCUT2D eigenvalue weighted by Crippen LogP contribution is -2.23. The van der Waals surface area contributed by atoms with Gasteiger partial charge in [-0.2, -0.15) is 0 Å². The van der Waals surface area contributed by atoms with Gasteiger partial charge in [-0.05, 0) is 32.0 Å². The Labute approximate surface area is 126 Å². The highest BCUT2D eigenvalue weighted by Gasteiger charge is 2.25. The maximum absolute atomic E-state index is 12.4. The molecule has 4 nitrogen and oxygen atoms in total. The van der Waals surface area contributed by atoms with Crippen LogP contribution in [0, 0.1) is 5.41 Å². The Bertz CT molecular complexity index is 512. The van der Waals surface area contributed by atoms with Gasteiger partial charge in [-0.1, -0.05) is 20.8 Å². The molecule has 0 heterocycles. The molecule has 0 aliphatic heterocycles. The van der Waals surface area contributed by atoms with E-state index in [0.29, 0.717) is 30.3 Å². The topological polar surface area (TPSA) is 52.6 Å². The van der Waals surface area contributed by atoms with Crippen molar-refractivity contribution >= 4 is 11.6 Å². The first-order valence-electron chi connectivity index (χ1n) is 7.25. The van der Waals surface area contributed by atoms with E-state index in [-0.39, 0.29) is 18.0 Å². The van der Waals surface area contributed by atoms with Crippen molar-refractivity contribution in [2.24, 2.45) is 5.41 Å². The molecule has 0 spiro atoms. The van der Waals surface area contributed by atoms with Gasteiger partial charge in [0.15, 0.2) is 5.78 Å².